The number of rotatable bonds is 2. The average Bonchev–Trinajstić information content (AvgIpc) is 2.91. The number of nitrogen functional groups attached to an aromatic ring is 1. The molecule has 2 aromatic carbocycles. The van der Waals surface area contributed by atoms with Crippen LogP contribution in [-0.2, 0) is 0 Å². The third kappa shape index (κ3) is 2.08. The minimum Gasteiger partial charge on any atom is -0.398 e. The van der Waals surface area contributed by atoms with Crippen molar-refractivity contribution in [1.29, 1.82) is 0 Å². The first-order valence-electron chi connectivity index (χ1n) is 6.08. The lowest BCUT2D eigenvalue weighted by atomic mass is 10.1. The smallest absolute Gasteiger partial charge is 0.0965 e. The standard InChI is InChI=1S/C15H14N4/c1-11-7-8-14(16)13(9-11)15-10-17-18-19(15)12-5-3-2-4-6-12/h2-10H,16H2,1H3. The number of aryl methyl sites for hydroxylation is 1. The van der Waals surface area contributed by atoms with Crippen LogP contribution in [0.5, 0.6) is 0 Å². The Kier molecular flexibility index (Phi) is 2.76. The Labute approximate surface area is 111 Å². The van der Waals surface area contributed by atoms with Gasteiger partial charge in [0.1, 0.15) is 0 Å². The molecule has 0 atom stereocenters. The summed E-state index contributed by atoms with van der Waals surface area (Å²) in [6.45, 7) is 2.04. The third-order valence-electron chi connectivity index (χ3n) is 3.03. The molecular weight excluding hydrogens is 236 g/mol. The summed E-state index contributed by atoms with van der Waals surface area (Å²) < 4.78 is 1.80. The van der Waals surface area contributed by atoms with Gasteiger partial charge >= 0.3 is 0 Å². The SMILES string of the molecule is Cc1ccc(N)c(-c2cnnn2-c2ccccc2)c1. The van der Waals surface area contributed by atoms with Crippen LogP contribution in [0.1, 0.15) is 5.56 Å². The van der Waals surface area contributed by atoms with Gasteiger partial charge in [-0.3, -0.25) is 0 Å². The van der Waals surface area contributed by atoms with Crippen LogP contribution in [-0.4, -0.2) is 15.0 Å². The summed E-state index contributed by atoms with van der Waals surface area (Å²) in [4.78, 5) is 0. The molecule has 1 heterocycles. The summed E-state index contributed by atoms with van der Waals surface area (Å²) in [5.74, 6) is 0. The zero-order valence-corrected chi connectivity index (χ0v) is 10.6. The summed E-state index contributed by atoms with van der Waals surface area (Å²) >= 11 is 0. The molecular formula is C15H14N4. The fraction of sp³-hybridized carbons (Fsp3) is 0.0667. The van der Waals surface area contributed by atoms with Crippen LogP contribution in [0.25, 0.3) is 16.9 Å². The highest BCUT2D eigenvalue weighted by molar-refractivity contribution is 5.75. The van der Waals surface area contributed by atoms with Crippen molar-refractivity contribution < 1.29 is 0 Å². The minimum atomic E-state index is 0.727. The van der Waals surface area contributed by atoms with Gasteiger partial charge in [0.2, 0.25) is 0 Å². The molecule has 3 aromatic rings. The zero-order chi connectivity index (χ0) is 13.2. The maximum Gasteiger partial charge on any atom is 0.0965 e. The van der Waals surface area contributed by atoms with Gasteiger partial charge in [-0.1, -0.05) is 35.0 Å². The Morgan fingerprint density at radius 2 is 1.84 bits per heavy atom. The molecule has 0 saturated heterocycles. The molecule has 0 amide bonds. The molecule has 0 saturated carbocycles. The fourth-order valence-electron chi connectivity index (χ4n) is 2.07. The first-order chi connectivity index (χ1) is 9.25. The Balaban J connectivity index is 2.18. The monoisotopic (exact) mass is 250 g/mol. The normalized spacial score (nSPS) is 10.6. The first kappa shape index (κ1) is 11.5. The molecule has 0 unspecified atom stereocenters. The molecule has 94 valence electrons. The van der Waals surface area contributed by atoms with Gasteiger partial charge in [-0.05, 0) is 31.2 Å². The molecule has 0 radical (unpaired) electrons. The molecule has 0 aliphatic carbocycles. The lowest BCUT2D eigenvalue weighted by molar-refractivity contribution is 0.808. The Morgan fingerprint density at radius 1 is 1.05 bits per heavy atom. The van der Waals surface area contributed by atoms with Gasteiger partial charge in [-0.2, -0.15) is 0 Å². The van der Waals surface area contributed by atoms with E-state index in [0.717, 1.165) is 28.2 Å². The molecule has 19 heavy (non-hydrogen) atoms. The summed E-state index contributed by atoms with van der Waals surface area (Å²) in [5, 5.41) is 8.15. The van der Waals surface area contributed by atoms with E-state index in [1.807, 2.05) is 55.5 Å². The van der Waals surface area contributed by atoms with Crippen molar-refractivity contribution in [2.75, 3.05) is 5.73 Å². The van der Waals surface area contributed by atoms with E-state index in [2.05, 4.69) is 10.3 Å². The first-order valence-corrected chi connectivity index (χ1v) is 6.08. The highest BCUT2D eigenvalue weighted by Crippen LogP contribution is 2.27. The number of hydrogen-bond donors (Lipinski definition) is 1. The number of anilines is 1. The average molecular weight is 250 g/mol. The second-order valence-corrected chi connectivity index (χ2v) is 4.46. The van der Waals surface area contributed by atoms with E-state index in [9.17, 15) is 0 Å². The number of benzene rings is 2. The van der Waals surface area contributed by atoms with Crippen molar-refractivity contribution in [3.63, 3.8) is 0 Å². The third-order valence-corrected chi connectivity index (χ3v) is 3.03. The maximum absolute atomic E-state index is 6.06. The molecule has 0 spiro atoms. The molecule has 0 aliphatic heterocycles. The molecule has 0 bridgehead atoms. The van der Waals surface area contributed by atoms with E-state index >= 15 is 0 Å². The van der Waals surface area contributed by atoms with Gasteiger partial charge in [0.05, 0.1) is 17.6 Å². The van der Waals surface area contributed by atoms with Gasteiger partial charge < -0.3 is 5.73 Å². The van der Waals surface area contributed by atoms with Gasteiger partial charge in [-0.15, -0.1) is 5.10 Å². The van der Waals surface area contributed by atoms with Crippen LogP contribution in [0.15, 0.2) is 54.7 Å². The van der Waals surface area contributed by atoms with Crippen molar-refractivity contribution in [3.05, 3.63) is 60.3 Å². The van der Waals surface area contributed by atoms with Crippen molar-refractivity contribution in [2.24, 2.45) is 0 Å². The van der Waals surface area contributed by atoms with Crippen LogP contribution in [0.4, 0.5) is 5.69 Å². The van der Waals surface area contributed by atoms with E-state index in [-0.39, 0.29) is 0 Å². The molecule has 0 fully saturated rings. The van der Waals surface area contributed by atoms with Crippen LogP contribution in [0.2, 0.25) is 0 Å². The van der Waals surface area contributed by atoms with Gasteiger partial charge in [0.15, 0.2) is 0 Å². The van der Waals surface area contributed by atoms with Crippen molar-refractivity contribution >= 4 is 5.69 Å². The predicted octanol–water partition coefficient (Wildman–Crippen LogP) is 2.82. The molecule has 2 N–H and O–H groups in total. The quantitative estimate of drug-likeness (QED) is 0.711. The molecule has 0 aliphatic rings. The van der Waals surface area contributed by atoms with E-state index in [0.29, 0.717) is 0 Å². The Morgan fingerprint density at radius 3 is 2.63 bits per heavy atom. The van der Waals surface area contributed by atoms with Crippen LogP contribution in [0.3, 0.4) is 0 Å². The topological polar surface area (TPSA) is 56.7 Å². The molecule has 4 heteroatoms. The van der Waals surface area contributed by atoms with Crippen molar-refractivity contribution in [2.45, 2.75) is 6.92 Å². The second kappa shape index (κ2) is 4.57. The zero-order valence-electron chi connectivity index (χ0n) is 10.6. The summed E-state index contributed by atoms with van der Waals surface area (Å²) in [6.07, 6.45) is 1.73. The van der Waals surface area contributed by atoms with Crippen molar-refractivity contribution in [1.82, 2.24) is 15.0 Å². The van der Waals surface area contributed by atoms with Crippen LogP contribution >= 0.6 is 0 Å². The van der Waals surface area contributed by atoms with E-state index in [1.165, 1.54) is 0 Å². The lowest BCUT2D eigenvalue weighted by Crippen LogP contribution is -2.01. The van der Waals surface area contributed by atoms with Crippen LogP contribution < -0.4 is 5.73 Å². The summed E-state index contributed by atoms with van der Waals surface area (Å²) in [6, 6.07) is 15.9. The number of nitrogens with zero attached hydrogens (tertiary/aromatic N) is 3. The molecule has 3 rings (SSSR count). The van der Waals surface area contributed by atoms with Gasteiger partial charge in [-0.25, -0.2) is 4.68 Å². The summed E-state index contributed by atoms with van der Waals surface area (Å²) in [5.41, 5.74) is 10.8. The minimum absolute atomic E-state index is 0.727. The fourth-order valence-corrected chi connectivity index (χ4v) is 2.07. The Hall–Kier alpha value is -2.62. The predicted molar refractivity (Wildman–Crippen MR) is 75.9 cm³/mol. The number of nitrogens with two attached hydrogens (primary N) is 1. The molecule has 1 aromatic heterocycles. The number of aromatic nitrogens is 3. The van der Waals surface area contributed by atoms with Gasteiger partial charge in [0.25, 0.3) is 0 Å². The van der Waals surface area contributed by atoms with E-state index in [1.54, 1.807) is 10.9 Å². The second-order valence-electron chi connectivity index (χ2n) is 4.46. The maximum atomic E-state index is 6.06. The van der Waals surface area contributed by atoms with Crippen LogP contribution in [0, 0.1) is 6.92 Å². The highest BCUT2D eigenvalue weighted by atomic mass is 15.4. The number of para-hydroxylation sites is 1. The van der Waals surface area contributed by atoms with Gasteiger partial charge in [0, 0.05) is 11.3 Å². The highest BCUT2D eigenvalue weighted by Gasteiger charge is 2.11. The number of hydrogen-bond acceptors (Lipinski definition) is 3. The largest absolute Gasteiger partial charge is 0.398 e. The summed E-state index contributed by atoms with van der Waals surface area (Å²) in [7, 11) is 0. The Bertz CT molecular complexity index is 701. The van der Waals surface area contributed by atoms with E-state index < -0.39 is 0 Å². The molecule has 4 nitrogen and oxygen atoms in total. The van der Waals surface area contributed by atoms with E-state index in [4.69, 9.17) is 5.73 Å². The van der Waals surface area contributed by atoms with Crippen molar-refractivity contribution in [3.8, 4) is 16.9 Å². The lowest BCUT2D eigenvalue weighted by Gasteiger charge is -2.09.